The van der Waals surface area contributed by atoms with Crippen LogP contribution in [0.3, 0.4) is 0 Å². The van der Waals surface area contributed by atoms with Gasteiger partial charge in [0.1, 0.15) is 0 Å². The van der Waals surface area contributed by atoms with Gasteiger partial charge in [-0.1, -0.05) is 23.2 Å². The summed E-state index contributed by atoms with van der Waals surface area (Å²) in [5, 5.41) is 1.17. The van der Waals surface area contributed by atoms with Crippen LogP contribution in [0.2, 0.25) is 10.2 Å². The summed E-state index contributed by atoms with van der Waals surface area (Å²) >= 11 is 11.9. The second kappa shape index (κ2) is 4.96. The van der Waals surface area contributed by atoms with Crippen molar-refractivity contribution < 1.29 is 4.39 Å². The average molecular weight is 308 g/mol. The third-order valence-corrected chi connectivity index (χ3v) is 3.51. The molecule has 0 N–H and O–H groups in total. The van der Waals surface area contributed by atoms with E-state index in [2.05, 4.69) is 15.0 Å². The van der Waals surface area contributed by atoms with Crippen LogP contribution in [0.5, 0.6) is 0 Å². The molecule has 6 heteroatoms. The number of rotatable bonds is 1. The van der Waals surface area contributed by atoms with Gasteiger partial charge in [0.15, 0.2) is 16.8 Å². The van der Waals surface area contributed by atoms with Crippen molar-refractivity contribution in [2.24, 2.45) is 0 Å². The Kier molecular flexibility index (Phi) is 3.28. The fraction of sp³-hybridized carbons (Fsp3) is 0.0714. The highest BCUT2D eigenvalue weighted by molar-refractivity contribution is 6.35. The number of hydrogen-bond donors (Lipinski definition) is 0. The smallest absolute Gasteiger partial charge is 0.181 e. The zero-order valence-corrected chi connectivity index (χ0v) is 11.9. The first-order valence-electron chi connectivity index (χ1n) is 5.81. The predicted molar refractivity (Wildman–Crippen MR) is 77.5 cm³/mol. The molecular weight excluding hydrogens is 300 g/mol. The highest BCUT2D eigenvalue weighted by atomic mass is 35.5. The van der Waals surface area contributed by atoms with Crippen LogP contribution in [0.4, 0.5) is 4.39 Å². The molecule has 2 aromatic heterocycles. The Morgan fingerprint density at radius 3 is 2.65 bits per heavy atom. The number of fused-ring (bicyclic) bond motifs is 1. The summed E-state index contributed by atoms with van der Waals surface area (Å²) in [6.45, 7) is 1.54. The van der Waals surface area contributed by atoms with Crippen molar-refractivity contribution in [2.45, 2.75) is 6.92 Å². The summed E-state index contributed by atoms with van der Waals surface area (Å²) in [6.07, 6.45) is 1.65. The highest BCUT2D eigenvalue weighted by Crippen LogP contribution is 2.31. The SMILES string of the molecule is Cc1nc(-c2ccc(Cl)c3cccnc23)nc(Cl)c1F. The lowest BCUT2D eigenvalue weighted by Crippen LogP contribution is -1.98. The molecular formula is C14H8Cl2FN3. The summed E-state index contributed by atoms with van der Waals surface area (Å²) in [6, 6.07) is 7.13. The maximum atomic E-state index is 13.5. The van der Waals surface area contributed by atoms with Gasteiger partial charge in [-0.05, 0) is 31.2 Å². The van der Waals surface area contributed by atoms with Gasteiger partial charge < -0.3 is 0 Å². The minimum Gasteiger partial charge on any atom is -0.255 e. The van der Waals surface area contributed by atoms with Gasteiger partial charge in [-0.2, -0.15) is 0 Å². The Morgan fingerprint density at radius 1 is 1.10 bits per heavy atom. The zero-order chi connectivity index (χ0) is 14.3. The maximum absolute atomic E-state index is 13.5. The van der Waals surface area contributed by atoms with E-state index < -0.39 is 5.82 Å². The molecule has 3 nitrogen and oxygen atoms in total. The molecule has 3 aromatic rings. The van der Waals surface area contributed by atoms with E-state index in [-0.39, 0.29) is 10.8 Å². The van der Waals surface area contributed by atoms with E-state index >= 15 is 0 Å². The van der Waals surface area contributed by atoms with E-state index in [4.69, 9.17) is 23.2 Å². The van der Waals surface area contributed by atoms with Crippen molar-refractivity contribution in [2.75, 3.05) is 0 Å². The van der Waals surface area contributed by atoms with Crippen molar-refractivity contribution in [3.05, 3.63) is 52.1 Å². The molecule has 0 aliphatic heterocycles. The molecule has 0 radical (unpaired) electrons. The van der Waals surface area contributed by atoms with Crippen molar-refractivity contribution in [3.63, 3.8) is 0 Å². The molecule has 0 atom stereocenters. The molecule has 0 aliphatic carbocycles. The zero-order valence-electron chi connectivity index (χ0n) is 10.4. The van der Waals surface area contributed by atoms with Gasteiger partial charge in [0.05, 0.1) is 16.2 Å². The number of benzene rings is 1. The molecule has 0 saturated heterocycles. The number of nitrogens with zero attached hydrogens (tertiary/aromatic N) is 3. The number of halogens is 3. The molecule has 0 fully saturated rings. The molecule has 0 unspecified atom stereocenters. The van der Waals surface area contributed by atoms with Crippen LogP contribution >= 0.6 is 23.2 Å². The van der Waals surface area contributed by atoms with Gasteiger partial charge in [0.25, 0.3) is 0 Å². The van der Waals surface area contributed by atoms with Crippen molar-refractivity contribution in [1.82, 2.24) is 15.0 Å². The standard InChI is InChI=1S/C14H8Cl2FN3/c1-7-11(17)13(16)20-14(19-7)9-4-5-10(15)8-3-2-6-18-12(8)9/h2-6H,1H3. The summed E-state index contributed by atoms with van der Waals surface area (Å²) < 4.78 is 13.5. The summed E-state index contributed by atoms with van der Waals surface area (Å²) in [5.41, 5.74) is 1.51. The van der Waals surface area contributed by atoms with E-state index in [9.17, 15) is 4.39 Å². The van der Waals surface area contributed by atoms with Crippen molar-refractivity contribution in [1.29, 1.82) is 0 Å². The number of aromatic nitrogens is 3. The molecule has 20 heavy (non-hydrogen) atoms. The molecule has 2 heterocycles. The molecule has 0 aliphatic rings. The molecule has 1 aromatic carbocycles. The minimum absolute atomic E-state index is 0.194. The summed E-state index contributed by atoms with van der Waals surface area (Å²) in [4.78, 5) is 12.4. The van der Waals surface area contributed by atoms with E-state index in [0.717, 1.165) is 5.39 Å². The Labute approximate surface area is 124 Å². The Bertz CT molecular complexity index is 798. The fourth-order valence-corrected chi connectivity index (χ4v) is 2.40. The lowest BCUT2D eigenvalue weighted by Gasteiger charge is -2.07. The maximum Gasteiger partial charge on any atom is 0.181 e. The molecule has 0 bridgehead atoms. The monoisotopic (exact) mass is 307 g/mol. The summed E-state index contributed by atoms with van der Waals surface area (Å²) in [5.74, 6) is -0.282. The fourth-order valence-electron chi connectivity index (χ4n) is 1.96. The Morgan fingerprint density at radius 2 is 1.90 bits per heavy atom. The van der Waals surface area contributed by atoms with Crippen molar-refractivity contribution in [3.8, 4) is 11.4 Å². The van der Waals surface area contributed by atoms with E-state index in [1.165, 1.54) is 6.92 Å². The largest absolute Gasteiger partial charge is 0.255 e. The van der Waals surface area contributed by atoms with Crippen molar-refractivity contribution >= 4 is 34.1 Å². The number of aryl methyl sites for hydroxylation is 1. The van der Waals surface area contributed by atoms with Crippen LogP contribution in [0.1, 0.15) is 5.69 Å². The normalized spacial score (nSPS) is 11.0. The predicted octanol–water partition coefficient (Wildman–Crippen LogP) is 4.45. The number of pyridine rings is 1. The third-order valence-electron chi connectivity index (χ3n) is 2.93. The summed E-state index contributed by atoms with van der Waals surface area (Å²) in [7, 11) is 0. The van der Waals surface area contributed by atoms with Crippen LogP contribution in [-0.4, -0.2) is 15.0 Å². The van der Waals surface area contributed by atoms with E-state index in [0.29, 0.717) is 21.9 Å². The highest BCUT2D eigenvalue weighted by Gasteiger charge is 2.14. The first-order chi connectivity index (χ1) is 9.58. The van der Waals surface area contributed by atoms with Gasteiger partial charge in [0.2, 0.25) is 0 Å². The van der Waals surface area contributed by atoms with Crippen LogP contribution in [0.25, 0.3) is 22.3 Å². The van der Waals surface area contributed by atoms with Crippen LogP contribution < -0.4 is 0 Å². The van der Waals surface area contributed by atoms with Gasteiger partial charge in [-0.15, -0.1) is 0 Å². The quantitative estimate of drug-likeness (QED) is 0.624. The Hall–Kier alpha value is -1.78. The Balaban J connectivity index is 2.33. The minimum atomic E-state index is -0.610. The van der Waals surface area contributed by atoms with Gasteiger partial charge >= 0.3 is 0 Å². The van der Waals surface area contributed by atoms with Gasteiger partial charge in [-0.3, -0.25) is 4.98 Å². The lowest BCUT2D eigenvalue weighted by molar-refractivity contribution is 0.603. The van der Waals surface area contributed by atoms with E-state index in [1.807, 2.05) is 6.07 Å². The van der Waals surface area contributed by atoms with Crippen LogP contribution in [0.15, 0.2) is 30.5 Å². The topological polar surface area (TPSA) is 38.7 Å². The molecule has 0 spiro atoms. The van der Waals surface area contributed by atoms with Crippen LogP contribution in [-0.2, 0) is 0 Å². The molecule has 3 rings (SSSR count). The van der Waals surface area contributed by atoms with Gasteiger partial charge in [0, 0.05) is 17.1 Å². The van der Waals surface area contributed by atoms with Gasteiger partial charge in [-0.25, -0.2) is 14.4 Å². The molecule has 100 valence electrons. The average Bonchev–Trinajstić information content (AvgIpc) is 2.45. The third kappa shape index (κ3) is 2.11. The second-order valence-electron chi connectivity index (χ2n) is 4.23. The molecule has 0 amide bonds. The van der Waals surface area contributed by atoms with E-state index in [1.54, 1.807) is 24.4 Å². The second-order valence-corrected chi connectivity index (χ2v) is 5.00. The lowest BCUT2D eigenvalue weighted by atomic mass is 10.1. The molecule has 0 saturated carbocycles. The number of hydrogen-bond acceptors (Lipinski definition) is 3. The van der Waals surface area contributed by atoms with Crippen LogP contribution in [0, 0.1) is 12.7 Å². The first kappa shape index (κ1) is 13.2. The first-order valence-corrected chi connectivity index (χ1v) is 6.57.